The van der Waals surface area contributed by atoms with E-state index in [9.17, 15) is 0 Å². The van der Waals surface area contributed by atoms with Crippen molar-refractivity contribution >= 4 is 69.9 Å². The van der Waals surface area contributed by atoms with Gasteiger partial charge >= 0.3 is 0 Å². The van der Waals surface area contributed by atoms with E-state index in [1.54, 1.807) is 0 Å². The van der Waals surface area contributed by atoms with Crippen LogP contribution in [0.1, 0.15) is 39.5 Å². The van der Waals surface area contributed by atoms with E-state index in [1.807, 2.05) is 36.4 Å². The zero-order valence-electron chi connectivity index (χ0n) is 19.1. The second-order valence-corrected chi connectivity index (χ2v) is 7.29. The van der Waals surface area contributed by atoms with Gasteiger partial charge in [0.05, 0.1) is 11.0 Å². The molecule has 0 saturated carbocycles. The third-order valence-electron chi connectivity index (χ3n) is 4.75. The first kappa shape index (κ1) is 30.2. The number of hydrogen-bond donors (Lipinski definition) is 4. The van der Waals surface area contributed by atoms with E-state index in [2.05, 4.69) is 40.5 Å². The normalized spacial score (nSPS) is 11.3. The molecule has 0 aliphatic heterocycles. The number of anilines is 2. The number of pyridine rings is 1. The van der Waals surface area contributed by atoms with Crippen LogP contribution < -0.4 is 22.1 Å². The first-order valence-electron chi connectivity index (χ1n) is 10.6. The summed E-state index contributed by atoms with van der Waals surface area (Å²) in [5.74, 6) is 0.848. The Hall–Kier alpha value is -2.81. The van der Waals surface area contributed by atoms with Crippen molar-refractivity contribution in [2.24, 2.45) is 21.5 Å². The molecule has 0 bridgehead atoms. The van der Waals surface area contributed by atoms with Gasteiger partial charge in [0.25, 0.3) is 0 Å². The van der Waals surface area contributed by atoms with Gasteiger partial charge in [0.2, 0.25) is 0 Å². The Morgan fingerprint density at radius 3 is 1.58 bits per heavy atom. The molecule has 10 heteroatoms. The fraction of sp³-hybridized carbons (Fsp3) is 0.348. The molecule has 2 aromatic carbocycles. The molecule has 0 fully saturated rings. The number of rotatable bonds is 8. The molecule has 0 radical (unpaired) electrons. The number of aromatic nitrogens is 1. The van der Waals surface area contributed by atoms with Crippen LogP contribution in [-0.2, 0) is 0 Å². The molecule has 3 aromatic rings. The maximum atomic E-state index is 5.98. The van der Waals surface area contributed by atoms with Crippen molar-refractivity contribution in [1.29, 1.82) is 0 Å². The summed E-state index contributed by atoms with van der Waals surface area (Å²) >= 11 is 0. The van der Waals surface area contributed by atoms with Crippen molar-refractivity contribution in [3.05, 3.63) is 42.5 Å². The Bertz CT molecular complexity index is 992. The standard InChI is InChI=1S/C23H31N7.2ClH.H2O/c1-3-5-11-26-22(24)28-18-9-7-16-13-17-8-10-19(15-21(17)30-20(16)14-18)29-23(25)27-12-6-4-2;;;/h7-10,13-15H,3-6,11-12H2,1-2H3,(H3,24,26,28)(H3,25,27,29);2*1H;1H2. The van der Waals surface area contributed by atoms with Crippen LogP contribution in [0.15, 0.2) is 52.4 Å². The fourth-order valence-electron chi connectivity index (χ4n) is 3.07. The molecule has 0 aliphatic rings. The van der Waals surface area contributed by atoms with Crippen molar-refractivity contribution in [3.8, 4) is 0 Å². The number of halogens is 2. The summed E-state index contributed by atoms with van der Waals surface area (Å²) in [6.45, 7) is 5.72. The molecule has 0 spiro atoms. The van der Waals surface area contributed by atoms with Crippen molar-refractivity contribution < 1.29 is 5.48 Å². The Balaban J connectivity index is 0.00000341. The maximum absolute atomic E-state index is 5.98. The number of unbranched alkanes of at least 4 members (excludes halogenated alkanes) is 2. The summed E-state index contributed by atoms with van der Waals surface area (Å²) < 4.78 is 0. The van der Waals surface area contributed by atoms with E-state index in [4.69, 9.17) is 16.5 Å². The van der Waals surface area contributed by atoms with E-state index in [1.165, 1.54) is 0 Å². The van der Waals surface area contributed by atoms with E-state index in [-0.39, 0.29) is 30.3 Å². The van der Waals surface area contributed by atoms with Crippen molar-refractivity contribution in [1.82, 2.24) is 4.98 Å². The van der Waals surface area contributed by atoms with Crippen molar-refractivity contribution in [3.63, 3.8) is 0 Å². The minimum absolute atomic E-state index is 0. The van der Waals surface area contributed by atoms with E-state index >= 15 is 0 Å². The van der Waals surface area contributed by atoms with Crippen LogP contribution in [0.4, 0.5) is 11.4 Å². The monoisotopic (exact) mass is 495 g/mol. The predicted octanol–water partition coefficient (Wildman–Crippen LogP) is 4.46. The third kappa shape index (κ3) is 8.92. The number of hydrogen-bond acceptors (Lipinski definition) is 3. The number of aliphatic imine (C=N–C) groups is 2. The van der Waals surface area contributed by atoms with Gasteiger partial charge < -0.3 is 27.6 Å². The molecule has 3 rings (SSSR count). The minimum atomic E-state index is 0. The van der Waals surface area contributed by atoms with E-state index < -0.39 is 0 Å². The summed E-state index contributed by atoms with van der Waals surface area (Å²) in [5.41, 5.74) is 15.5. The van der Waals surface area contributed by atoms with Gasteiger partial charge in [-0.15, -0.1) is 24.8 Å². The number of fused-ring (bicyclic) bond motifs is 2. The van der Waals surface area contributed by atoms with Gasteiger partial charge in [-0.25, -0.2) is 4.98 Å². The Kier molecular flexibility index (Phi) is 13.8. The molecule has 0 aliphatic carbocycles. The Morgan fingerprint density at radius 2 is 1.18 bits per heavy atom. The minimum Gasteiger partial charge on any atom is -0.412 e. The average Bonchev–Trinajstić information content (AvgIpc) is 2.72. The van der Waals surface area contributed by atoms with E-state index in [0.717, 1.165) is 72.0 Å². The van der Waals surface area contributed by atoms with Crippen molar-refractivity contribution in [2.45, 2.75) is 39.5 Å². The highest BCUT2D eigenvalue weighted by molar-refractivity contribution is 5.99. The lowest BCUT2D eigenvalue weighted by atomic mass is 10.1. The van der Waals surface area contributed by atoms with Crippen LogP contribution >= 0.6 is 24.8 Å². The van der Waals surface area contributed by atoms with E-state index in [0.29, 0.717) is 11.9 Å². The Labute approximate surface area is 207 Å². The highest BCUT2D eigenvalue weighted by atomic mass is 35.5. The second kappa shape index (κ2) is 15.1. The number of benzene rings is 2. The summed E-state index contributed by atoms with van der Waals surface area (Å²) in [5, 5.41) is 8.42. The largest absolute Gasteiger partial charge is 0.412 e. The van der Waals surface area contributed by atoms with Crippen molar-refractivity contribution in [2.75, 3.05) is 23.7 Å². The SMILES string of the molecule is CCCCN=C(N)Nc1ccc2cc3ccc(NC(N)=NCCCC)cc3nc2c1.Cl.Cl.O. The molecule has 0 amide bonds. The van der Waals surface area contributed by atoms with Crippen LogP contribution in [-0.4, -0.2) is 35.5 Å². The van der Waals surface area contributed by atoms with Gasteiger partial charge in [0.1, 0.15) is 0 Å². The van der Waals surface area contributed by atoms with Crippen LogP contribution in [0.25, 0.3) is 21.8 Å². The smallest absolute Gasteiger partial charge is 0.193 e. The lowest BCUT2D eigenvalue weighted by Gasteiger charge is -2.09. The molecule has 182 valence electrons. The van der Waals surface area contributed by atoms with Gasteiger partial charge in [-0.2, -0.15) is 0 Å². The zero-order chi connectivity index (χ0) is 21.3. The van der Waals surface area contributed by atoms with Gasteiger partial charge in [-0.1, -0.05) is 38.8 Å². The quantitative estimate of drug-likeness (QED) is 0.157. The highest BCUT2D eigenvalue weighted by Crippen LogP contribution is 2.24. The number of nitrogens with one attached hydrogen (secondary N) is 2. The molecule has 0 unspecified atom stereocenters. The number of nitrogens with zero attached hydrogens (tertiary/aromatic N) is 3. The van der Waals surface area contributed by atoms with Gasteiger partial charge in [-0.3, -0.25) is 9.98 Å². The molecule has 1 heterocycles. The van der Waals surface area contributed by atoms with Crippen LogP contribution in [0.2, 0.25) is 0 Å². The average molecular weight is 496 g/mol. The van der Waals surface area contributed by atoms with Gasteiger partial charge in [0.15, 0.2) is 11.9 Å². The molecule has 0 saturated heterocycles. The maximum Gasteiger partial charge on any atom is 0.193 e. The Morgan fingerprint density at radius 1 is 0.758 bits per heavy atom. The topological polar surface area (TPSA) is 145 Å². The molecule has 0 atom stereocenters. The zero-order valence-corrected chi connectivity index (χ0v) is 20.7. The summed E-state index contributed by atoms with van der Waals surface area (Å²) in [6.07, 6.45) is 4.24. The lowest BCUT2D eigenvalue weighted by molar-refractivity contribution is 0.807. The van der Waals surface area contributed by atoms with Crippen LogP contribution in [0, 0.1) is 0 Å². The summed E-state index contributed by atoms with van der Waals surface area (Å²) in [4.78, 5) is 13.5. The highest BCUT2D eigenvalue weighted by Gasteiger charge is 2.04. The first-order valence-corrected chi connectivity index (χ1v) is 10.6. The fourth-order valence-corrected chi connectivity index (χ4v) is 3.07. The van der Waals surface area contributed by atoms with Gasteiger partial charge in [0, 0.05) is 35.2 Å². The number of guanidine groups is 2. The third-order valence-corrected chi connectivity index (χ3v) is 4.75. The lowest BCUT2D eigenvalue weighted by Crippen LogP contribution is -2.22. The number of nitrogens with two attached hydrogens (primary N) is 2. The molecule has 8 nitrogen and oxygen atoms in total. The predicted molar refractivity (Wildman–Crippen MR) is 147 cm³/mol. The molecule has 8 N–H and O–H groups in total. The summed E-state index contributed by atoms with van der Waals surface area (Å²) in [6, 6.07) is 14.1. The van der Waals surface area contributed by atoms with Crippen LogP contribution in [0.5, 0.6) is 0 Å². The second-order valence-electron chi connectivity index (χ2n) is 7.29. The van der Waals surface area contributed by atoms with Gasteiger partial charge in [-0.05, 0) is 43.2 Å². The summed E-state index contributed by atoms with van der Waals surface area (Å²) in [7, 11) is 0. The molecule has 1 aromatic heterocycles. The first-order chi connectivity index (χ1) is 14.6. The molecular formula is C23H35Cl2N7O. The molecular weight excluding hydrogens is 461 g/mol. The molecule has 33 heavy (non-hydrogen) atoms. The van der Waals surface area contributed by atoms with Crippen LogP contribution in [0.3, 0.4) is 0 Å².